The van der Waals surface area contributed by atoms with E-state index in [1.807, 2.05) is 12.2 Å². The van der Waals surface area contributed by atoms with Gasteiger partial charge in [0.1, 0.15) is 0 Å². The number of hydrogen-bond acceptors (Lipinski definition) is 0. The molecule has 0 N–H and O–H groups in total. The van der Waals surface area contributed by atoms with Crippen molar-refractivity contribution >= 4 is 44.7 Å². The van der Waals surface area contributed by atoms with Crippen molar-refractivity contribution in [1.29, 1.82) is 0 Å². The number of nitrogens with zero attached hydrogens (tertiary/aromatic N) is 1. The van der Waals surface area contributed by atoms with Crippen molar-refractivity contribution in [3.63, 3.8) is 0 Å². The smallest absolute Gasteiger partial charge is 0.0619 e. The lowest BCUT2D eigenvalue weighted by molar-refractivity contribution is 0.399. The first-order valence-electron chi connectivity index (χ1n) is 24.7. The van der Waals surface area contributed by atoms with Crippen molar-refractivity contribution in [2.24, 2.45) is 0 Å². The summed E-state index contributed by atoms with van der Waals surface area (Å²) in [5.74, 6) is 0. The fraction of sp³-hybridized carbons (Fsp3) is 0.231. The normalized spacial score (nSPS) is 12.8. The molecule has 9 aromatic rings. The van der Waals surface area contributed by atoms with Crippen LogP contribution >= 0.6 is 0 Å². The highest BCUT2D eigenvalue weighted by Crippen LogP contribution is 2.56. The molecule has 1 aliphatic carbocycles. The molecule has 10 rings (SSSR count). The van der Waals surface area contributed by atoms with E-state index in [4.69, 9.17) is 0 Å². The van der Waals surface area contributed by atoms with Gasteiger partial charge >= 0.3 is 0 Å². The fourth-order valence-corrected chi connectivity index (χ4v) is 11.4. The lowest BCUT2D eigenvalue weighted by Crippen LogP contribution is -2.26. The van der Waals surface area contributed by atoms with Gasteiger partial charge in [0.05, 0.1) is 11.0 Å². The minimum atomic E-state index is 0.00906. The maximum atomic E-state index is 3.93. The molecule has 8 aromatic carbocycles. The molecule has 0 radical (unpaired) electrons. The zero-order valence-electron chi connectivity index (χ0n) is 39.1. The third-order valence-corrected chi connectivity index (χ3v) is 14.9. The van der Waals surface area contributed by atoms with Gasteiger partial charge in [-0.3, -0.25) is 0 Å². The molecular formula is C65H63N. The Bertz CT molecular complexity index is 3110. The van der Waals surface area contributed by atoms with Crippen LogP contribution in [-0.2, 0) is 18.3 Å². The second kappa shape index (κ2) is 19.0. The molecule has 328 valence electrons. The summed E-state index contributed by atoms with van der Waals surface area (Å²) in [6.07, 6.45) is 18.5. The molecule has 1 aromatic heterocycles. The van der Waals surface area contributed by atoms with Crippen molar-refractivity contribution in [1.82, 2.24) is 4.57 Å². The van der Waals surface area contributed by atoms with Gasteiger partial charge in [-0.1, -0.05) is 203 Å². The van der Waals surface area contributed by atoms with Crippen LogP contribution < -0.4 is 0 Å². The first-order valence-corrected chi connectivity index (χ1v) is 24.7. The molecule has 1 heteroatoms. The van der Waals surface area contributed by atoms with Gasteiger partial charge in [-0.05, 0) is 149 Å². The van der Waals surface area contributed by atoms with Crippen LogP contribution in [0, 0.1) is 13.8 Å². The quantitative estimate of drug-likeness (QED) is 0.0758. The number of unbranched alkanes of at least 4 members (excludes halogenated alkanes) is 6. The molecule has 1 heterocycles. The van der Waals surface area contributed by atoms with E-state index in [0.29, 0.717) is 0 Å². The summed E-state index contributed by atoms with van der Waals surface area (Å²) in [4.78, 5) is 0. The number of para-hydroxylation sites is 1. The predicted molar refractivity (Wildman–Crippen MR) is 286 cm³/mol. The third kappa shape index (κ3) is 8.37. The summed E-state index contributed by atoms with van der Waals surface area (Å²) >= 11 is 0. The zero-order valence-corrected chi connectivity index (χ0v) is 39.1. The minimum absolute atomic E-state index is 0.00906. The molecular weight excluding hydrogens is 795 g/mol. The standard InChI is InChI=1S/C65H63N/c1-5-48-27-31-50(32-28-48)20-12-7-9-18-40-65(41-19-10-8-13-21-51-33-29-49(6-2)30-34-51)61-42-46(3)26-37-56(61)59-45-58(47(4)43-62(59)65)53-36-39-63-60(44-53)57-38-35-52-22-16-17-25-55(52)64(57)66(63)54-23-14-11-15-24-54/h5-6,11,14-17,22-39,42-45H,1-2,7-10,12-13,18-21,40-41H2,3-4H3. The molecule has 0 saturated heterocycles. The number of rotatable bonds is 18. The van der Waals surface area contributed by atoms with E-state index in [9.17, 15) is 0 Å². The van der Waals surface area contributed by atoms with Gasteiger partial charge in [0, 0.05) is 27.3 Å². The molecule has 0 spiro atoms. The minimum Gasteiger partial charge on any atom is -0.309 e. The molecule has 1 nitrogen and oxygen atoms in total. The number of hydrogen-bond donors (Lipinski definition) is 0. The van der Waals surface area contributed by atoms with E-state index >= 15 is 0 Å². The van der Waals surface area contributed by atoms with E-state index in [1.165, 1.54) is 158 Å². The van der Waals surface area contributed by atoms with Crippen LogP contribution in [0.4, 0.5) is 0 Å². The average Bonchev–Trinajstić information content (AvgIpc) is 3.82. The van der Waals surface area contributed by atoms with E-state index < -0.39 is 0 Å². The number of benzene rings is 8. The van der Waals surface area contributed by atoms with Gasteiger partial charge in [0.15, 0.2) is 0 Å². The first-order chi connectivity index (χ1) is 32.4. The molecule has 66 heavy (non-hydrogen) atoms. The highest BCUT2D eigenvalue weighted by molar-refractivity contribution is 6.19. The Morgan fingerprint density at radius 3 is 1.76 bits per heavy atom. The monoisotopic (exact) mass is 857 g/mol. The molecule has 0 saturated carbocycles. The van der Waals surface area contributed by atoms with Crippen LogP contribution in [0.25, 0.3) is 72.7 Å². The largest absolute Gasteiger partial charge is 0.309 e. The van der Waals surface area contributed by atoms with E-state index in [0.717, 1.165) is 12.8 Å². The highest BCUT2D eigenvalue weighted by Gasteiger charge is 2.42. The molecule has 0 aliphatic heterocycles. The summed E-state index contributed by atoms with van der Waals surface area (Å²) < 4.78 is 2.47. The average molecular weight is 858 g/mol. The Balaban J connectivity index is 0.980. The fourth-order valence-electron chi connectivity index (χ4n) is 11.4. The van der Waals surface area contributed by atoms with Gasteiger partial charge in [-0.15, -0.1) is 0 Å². The van der Waals surface area contributed by atoms with Crippen LogP contribution in [0.15, 0.2) is 177 Å². The molecule has 1 aliphatic rings. The summed E-state index contributed by atoms with van der Waals surface area (Å²) in [6, 6.07) is 62.0. The summed E-state index contributed by atoms with van der Waals surface area (Å²) in [6.45, 7) is 12.5. The first kappa shape index (κ1) is 43.2. The summed E-state index contributed by atoms with van der Waals surface area (Å²) in [7, 11) is 0. The Hall–Kier alpha value is -6.70. The lowest BCUT2D eigenvalue weighted by Gasteiger charge is -2.33. The Labute approximate surface area is 393 Å². The van der Waals surface area contributed by atoms with Crippen molar-refractivity contribution in [2.75, 3.05) is 0 Å². The van der Waals surface area contributed by atoms with E-state index in [-0.39, 0.29) is 5.41 Å². The van der Waals surface area contributed by atoms with Gasteiger partial charge in [-0.25, -0.2) is 0 Å². The van der Waals surface area contributed by atoms with Crippen molar-refractivity contribution in [2.45, 2.75) is 96.3 Å². The summed E-state index contributed by atoms with van der Waals surface area (Å²) in [5.41, 5.74) is 20.3. The zero-order chi connectivity index (χ0) is 45.0. The van der Waals surface area contributed by atoms with Gasteiger partial charge < -0.3 is 4.57 Å². The lowest BCUT2D eigenvalue weighted by atomic mass is 9.70. The third-order valence-electron chi connectivity index (χ3n) is 14.9. The van der Waals surface area contributed by atoms with Crippen molar-refractivity contribution in [3.05, 3.63) is 221 Å². The number of aryl methyl sites for hydroxylation is 4. The molecule has 0 fully saturated rings. The second-order valence-electron chi connectivity index (χ2n) is 19.1. The molecule has 0 amide bonds. The SMILES string of the molecule is C=Cc1ccc(CCCCCCC2(CCCCCCc3ccc(C=C)cc3)c3cc(C)ccc3-c3cc(-c4ccc5c(c4)c4ccc6ccccc6c4n5-c4ccccc4)c(C)cc32)cc1. The van der Waals surface area contributed by atoms with Crippen LogP contribution in [-0.4, -0.2) is 4.57 Å². The summed E-state index contributed by atoms with van der Waals surface area (Å²) in [5, 5.41) is 5.14. The topological polar surface area (TPSA) is 4.93 Å². The van der Waals surface area contributed by atoms with Crippen LogP contribution in [0.5, 0.6) is 0 Å². The Morgan fingerprint density at radius 2 is 1.09 bits per heavy atom. The van der Waals surface area contributed by atoms with Gasteiger partial charge in [0.2, 0.25) is 0 Å². The van der Waals surface area contributed by atoms with Crippen molar-refractivity contribution < 1.29 is 0 Å². The molecule has 0 unspecified atom stereocenters. The number of fused-ring (bicyclic) bond motifs is 8. The van der Waals surface area contributed by atoms with Crippen LogP contribution in [0.3, 0.4) is 0 Å². The molecule has 0 atom stereocenters. The Kier molecular flexibility index (Phi) is 12.5. The number of aromatic nitrogens is 1. The second-order valence-corrected chi connectivity index (χ2v) is 19.1. The van der Waals surface area contributed by atoms with Gasteiger partial charge in [0.25, 0.3) is 0 Å². The van der Waals surface area contributed by atoms with E-state index in [2.05, 4.69) is 195 Å². The van der Waals surface area contributed by atoms with Crippen LogP contribution in [0.2, 0.25) is 0 Å². The maximum absolute atomic E-state index is 3.93. The van der Waals surface area contributed by atoms with Crippen LogP contribution in [0.1, 0.15) is 109 Å². The highest BCUT2D eigenvalue weighted by atomic mass is 15.0. The van der Waals surface area contributed by atoms with Gasteiger partial charge in [-0.2, -0.15) is 0 Å². The maximum Gasteiger partial charge on any atom is 0.0619 e. The van der Waals surface area contributed by atoms with E-state index in [1.54, 1.807) is 11.1 Å². The Morgan fingerprint density at radius 1 is 0.470 bits per heavy atom. The molecule has 0 bridgehead atoms. The predicted octanol–water partition coefficient (Wildman–Crippen LogP) is 18.2. The van der Waals surface area contributed by atoms with Crippen molar-refractivity contribution in [3.8, 4) is 27.9 Å².